The van der Waals surface area contributed by atoms with Gasteiger partial charge in [-0.3, -0.25) is 0 Å². The Kier molecular flexibility index (Phi) is 3.65. The van der Waals surface area contributed by atoms with Crippen LogP contribution in [0.15, 0.2) is 23.7 Å². The minimum Gasteiger partial charge on any atom is -0.389 e. The predicted octanol–water partition coefficient (Wildman–Crippen LogP) is 2.09. The molecule has 0 spiro atoms. The van der Waals surface area contributed by atoms with Crippen molar-refractivity contribution in [3.63, 3.8) is 0 Å². The molecule has 0 fully saturated rings. The molecule has 0 aliphatic heterocycles. The Morgan fingerprint density at radius 3 is 3.00 bits per heavy atom. The molecule has 0 aromatic carbocycles. The number of nitrogens with one attached hydrogen (secondary N) is 1. The molecule has 0 radical (unpaired) electrons. The monoisotopic (exact) mass is 264 g/mol. The smallest absolute Gasteiger partial charge is 0.136 e. The number of aromatic nitrogens is 2. The molecule has 2 aromatic rings. The van der Waals surface area contributed by atoms with Crippen LogP contribution in [0.25, 0.3) is 0 Å². The quantitative estimate of drug-likeness (QED) is 0.828. The third kappa shape index (κ3) is 2.98. The maximum atomic E-state index is 5.65. The summed E-state index contributed by atoms with van der Waals surface area (Å²) in [6.45, 7) is 2.56. The molecule has 4 nitrogen and oxygen atoms in total. The van der Waals surface area contributed by atoms with Crippen molar-refractivity contribution in [1.29, 1.82) is 0 Å². The number of thiazole rings is 1. The number of aryl methyl sites for hydroxylation is 1. The van der Waals surface area contributed by atoms with E-state index in [1.165, 1.54) is 0 Å². The van der Waals surface area contributed by atoms with Gasteiger partial charge in [0.1, 0.15) is 15.8 Å². The lowest BCUT2D eigenvalue weighted by molar-refractivity contribution is 1.06. The molecule has 0 bridgehead atoms. The summed E-state index contributed by atoms with van der Waals surface area (Å²) >= 11 is 6.59. The highest BCUT2D eigenvalue weighted by Crippen LogP contribution is 2.15. The Hall–Kier alpha value is -1.53. The summed E-state index contributed by atoms with van der Waals surface area (Å²) < 4.78 is 0. The van der Waals surface area contributed by atoms with Gasteiger partial charge in [-0.1, -0.05) is 12.2 Å². The van der Waals surface area contributed by atoms with E-state index in [4.69, 9.17) is 18.0 Å². The molecular weight excluding hydrogens is 252 g/mol. The molecule has 2 aromatic heterocycles. The van der Waals surface area contributed by atoms with Crippen LogP contribution >= 0.6 is 23.6 Å². The minimum absolute atomic E-state index is 0.346. The SMILES string of the molecule is Cc1ccc(C(N)=S)c(NCc2nccs2)n1. The average molecular weight is 264 g/mol. The molecule has 0 amide bonds. The van der Waals surface area contributed by atoms with E-state index in [0.717, 1.165) is 16.3 Å². The first-order chi connectivity index (χ1) is 8.16. The summed E-state index contributed by atoms with van der Waals surface area (Å²) in [5.74, 6) is 0.715. The van der Waals surface area contributed by atoms with Gasteiger partial charge in [-0.2, -0.15) is 0 Å². The van der Waals surface area contributed by atoms with Crippen molar-refractivity contribution in [1.82, 2.24) is 9.97 Å². The third-order valence-electron chi connectivity index (χ3n) is 2.19. The average Bonchev–Trinajstić information content (AvgIpc) is 2.78. The van der Waals surface area contributed by atoms with Crippen LogP contribution in [0, 0.1) is 6.92 Å². The topological polar surface area (TPSA) is 63.8 Å². The van der Waals surface area contributed by atoms with Crippen molar-refractivity contribution < 1.29 is 0 Å². The van der Waals surface area contributed by atoms with E-state index in [1.54, 1.807) is 17.5 Å². The molecule has 17 heavy (non-hydrogen) atoms. The lowest BCUT2D eigenvalue weighted by Gasteiger charge is -2.09. The zero-order valence-electron chi connectivity index (χ0n) is 9.30. The van der Waals surface area contributed by atoms with Crippen LogP contribution in [0.4, 0.5) is 5.82 Å². The molecule has 2 heterocycles. The number of rotatable bonds is 4. The number of anilines is 1. The van der Waals surface area contributed by atoms with Crippen LogP contribution < -0.4 is 11.1 Å². The van der Waals surface area contributed by atoms with E-state index in [2.05, 4.69) is 15.3 Å². The molecule has 0 saturated heterocycles. The number of nitrogens with zero attached hydrogens (tertiary/aromatic N) is 2. The van der Waals surface area contributed by atoms with E-state index in [9.17, 15) is 0 Å². The van der Waals surface area contributed by atoms with Gasteiger partial charge in [0.05, 0.1) is 12.1 Å². The van der Waals surface area contributed by atoms with E-state index in [0.29, 0.717) is 17.4 Å². The van der Waals surface area contributed by atoms with Crippen LogP contribution in [-0.4, -0.2) is 15.0 Å². The molecule has 0 unspecified atom stereocenters. The first-order valence-corrected chi connectivity index (χ1v) is 6.35. The van der Waals surface area contributed by atoms with Crippen LogP contribution in [0.3, 0.4) is 0 Å². The zero-order valence-corrected chi connectivity index (χ0v) is 10.9. The fourth-order valence-corrected chi connectivity index (χ4v) is 2.11. The van der Waals surface area contributed by atoms with Crippen molar-refractivity contribution in [2.24, 2.45) is 5.73 Å². The highest BCUT2D eigenvalue weighted by molar-refractivity contribution is 7.80. The van der Waals surface area contributed by atoms with Gasteiger partial charge in [0.25, 0.3) is 0 Å². The normalized spacial score (nSPS) is 10.2. The van der Waals surface area contributed by atoms with Gasteiger partial charge in [0.2, 0.25) is 0 Å². The highest BCUT2D eigenvalue weighted by atomic mass is 32.1. The summed E-state index contributed by atoms with van der Waals surface area (Å²) in [5, 5.41) is 6.15. The molecule has 3 N–H and O–H groups in total. The van der Waals surface area contributed by atoms with Crippen molar-refractivity contribution in [3.8, 4) is 0 Å². The second-order valence-electron chi connectivity index (χ2n) is 3.49. The zero-order chi connectivity index (χ0) is 12.3. The second kappa shape index (κ2) is 5.20. The van der Waals surface area contributed by atoms with Crippen molar-refractivity contribution in [2.45, 2.75) is 13.5 Å². The van der Waals surface area contributed by atoms with E-state index in [1.807, 2.05) is 24.4 Å². The molecule has 2 rings (SSSR count). The first-order valence-electron chi connectivity index (χ1n) is 5.06. The van der Waals surface area contributed by atoms with Crippen LogP contribution in [0.1, 0.15) is 16.3 Å². The molecule has 6 heteroatoms. The Balaban J connectivity index is 2.19. The summed E-state index contributed by atoms with van der Waals surface area (Å²) in [6.07, 6.45) is 1.78. The number of hydrogen-bond donors (Lipinski definition) is 2. The van der Waals surface area contributed by atoms with Gasteiger partial charge in [0, 0.05) is 17.3 Å². The molecule has 0 atom stereocenters. The number of hydrogen-bond acceptors (Lipinski definition) is 5. The molecular formula is C11H12N4S2. The number of thiocarbonyl (C=S) groups is 1. The largest absolute Gasteiger partial charge is 0.389 e. The van der Waals surface area contributed by atoms with Gasteiger partial charge in [0.15, 0.2) is 0 Å². The lowest BCUT2D eigenvalue weighted by atomic mass is 10.2. The van der Waals surface area contributed by atoms with Gasteiger partial charge in [-0.15, -0.1) is 11.3 Å². The summed E-state index contributed by atoms with van der Waals surface area (Å²) in [5.41, 5.74) is 7.34. The third-order valence-corrected chi connectivity index (χ3v) is 3.19. The fraction of sp³-hybridized carbons (Fsp3) is 0.182. The number of pyridine rings is 1. The maximum absolute atomic E-state index is 5.65. The lowest BCUT2D eigenvalue weighted by Crippen LogP contribution is -2.14. The van der Waals surface area contributed by atoms with Crippen LogP contribution in [0.5, 0.6) is 0 Å². The maximum Gasteiger partial charge on any atom is 0.136 e. The summed E-state index contributed by atoms with van der Waals surface area (Å²) in [4.78, 5) is 8.93. The Morgan fingerprint density at radius 1 is 1.53 bits per heavy atom. The van der Waals surface area contributed by atoms with E-state index < -0.39 is 0 Å². The molecule has 88 valence electrons. The van der Waals surface area contributed by atoms with Crippen LogP contribution in [-0.2, 0) is 6.54 Å². The second-order valence-corrected chi connectivity index (χ2v) is 4.91. The van der Waals surface area contributed by atoms with Gasteiger partial charge in [-0.05, 0) is 19.1 Å². The molecule has 0 aliphatic carbocycles. The van der Waals surface area contributed by atoms with Crippen molar-refractivity contribution in [2.75, 3.05) is 5.32 Å². The van der Waals surface area contributed by atoms with Gasteiger partial charge < -0.3 is 11.1 Å². The first kappa shape index (κ1) is 11.9. The van der Waals surface area contributed by atoms with Crippen LogP contribution in [0.2, 0.25) is 0 Å². The Bertz CT molecular complexity index is 522. The van der Waals surface area contributed by atoms with Gasteiger partial charge >= 0.3 is 0 Å². The minimum atomic E-state index is 0.346. The molecule has 0 saturated carbocycles. The Labute approximate surface area is 109 Å². The molecule has 0 aliphatic rings. The predicted molar refractivity (Wildman–Crippen MR) is 74.3 cm³/mol. The van der Waals surface area contributed by atoms with Gasteiger partial charge in [-0.25, -0.2) is 9.97 Å². The Morgan fingerprint density at radius 2 is 2.35 bits per heavy atom. The summed E-state index contributed by atoms with van der Waals surface area (Å²) in [7, 11) is 0. The fourth-order valence-electron chi connectivity index (χ4n) is 1.39. The summed E-state index contributed by atoms with van der Waals surface area (Å²) in [6, 6.07) is 3.78. The standard InChI is InChI=1S/C11H12N4S2/c1-7-2-3-8(10(12)16)11(15-7)14-6-9-13-4-5-17-9/h2-5H,6H2,1H3,(H2,12,16)(H,14,15). The van der Waals surface area contributed by atoms with E-state index in [-0.39, 0.29) is 0 Å². The highest BCUT2D eigenvalue weighted by Gasteiger charge is 2.07. The van der Waals surface area contributed by atoms with Crippen molar-refractivity contribution >= 4 is 34.4 Å². The number of nitrogens with two attached hydrogens (primary N) is 1. The van der Waals surface area contributed by atoms with E-state index >= 15 is 0 Å². The van der Waals surface area contributed by atoms with Crippen molar-refractivity contribution in [3.05, 3.63) is 40.0 Å².